The molecule has 0 N–H and O–H groups in total. The Balaban J connectivity index is 2.03. The SMILES string of the molecule is O=[N+]([O-])c1ccc(Cl)c(S(=O)(=O)N2CC3CCC2C3)c1. The molecule has 2 unspecified atom stereocenters. The minimum absolute atomic E-state index is 0.0142. The summed E-state index contributed by atoms with van der Waals surface area (Å²) in [4.78, 5) is 10.0. The van der Waals surface area contributed by atoms with Crippen LogP contribution in [0.15, 0.2) is 23.1 Å². The Morgan fingerprint density at radius 2 is 2.10 bits per heavy atom. The lowest BCUT2D eigenvalue weighted by molar-refractivity contribution is -0.385. The molecular weight excluding hydrogens is 304 g/mol. The van der Waals surface area contributed by atoms with Gasteiger partial charge >= 0.3 is 0 Å². The molecule has 2 aliphatic rings. The lowest BCUT2D eigenvalue weighted by Crippen LogP contribution is -2.37. The molecule has 2 atom stereocenters. The smallest absolute Gasteiger partial charge is 0.258 e. The van der Waals surface area contributed by atoms with Gasteiger partial charge in [0.1, 0.15) is 4.90 Å². The molecule has 1 saturated carbocycles. The normalized spacial score (nSPS) is 26.1. The molecule has 0 radical (unpaired) electrons. The molecular formula is C12H13ClN2O4S. The number of non-ortho nitro benzene ring substituents is 1. The van der Waals surface area contributed by atoms with Crippen LogP contribution in [0.2, 0.25) is 5.02 Å². The fourth-order valence-electron chi connectivity index (χ4n) is 3.10. The second-order valence-electron chi connectivity index (χ2n) is 5.28. The molecule has 2 fully saturated rings. The van der Waals surface area contributed by atoms with Crippen molar-refractivity contribution in [2.24, 2.45) is 5.92 Å². The van der Waals surface area contributed by atoms with Gasteiger partial charge in [0.05, 0.1) is 9.95 Å². The van der Waals surface area contributed by atoms with Crippen molar-refractivity contribution in [3.63, 3.8) is 0 Å². The number of benzene rings is 1. The van der Waals surface area contributed by atoms with Crippen LogP contribution < -0.4 is 0 Å². The number of nitro groups is 1. The summed E-state index contributed by atoms with van der Waals surface area (Å²) in [6.45, 7) is 0.492. The number of hydrogen-bond donors (Lipinski definition) is 0. The summed E-state index contributed by atoms with van der Waals surface area (Å²) < 4.78 is 26.7. The van der Waals surface area contributed by atoms with Gasteiger partial charge in [-0.2, -0.15) is 4.31 Å². The Morgan fingerprint density at radius 1 is 1.35 bits per heavy atom. The maximum absolute atomic E-state index is 12.6. The second-order valence-corrected chi connectivity index (χ2v) is 7.55. The molecule has 0 spiro atoms. The minimum atomic E-state index is -3.76. The van der Waals surface area contributed by atoms with Crippen molar-refractivity contribution in [2.45, 2.75) is 30.2 Å². The third kappa shape index (κ3) is 2.10. The summed E-state index contributed by atoms with van der Waals surface area (Å²) in [5.74, 6) is 0.409. The van der Waals surface area contributed by atoms with Gasteiger partial charge in [0, 0.05) is 24.7 Å². The lowest BCUT2D eigenvalue weighted by atomic mass is 10.1. The number of piperidine rings is 1. The largest absolute Gasteiger partial charge is 0.270 e. The van der Waals surface area contributed by atoms with E-state index >= 15 is 0 Å². The molecule has 0 amide bonds. The molecule has 20 heavy (non-hydrogen) atoms. The van der Waals surface area contributed by atoms with Crippen molar-refractivity contribution in [2.75, 3.05) is 6.54 Å². The van der Waals surface area contributed by atoms with Gasteiger partial charge in [-0.05, 0) is 31.2 Å². The monoisotopic (exact) mass is 316 g/mol. The summed E-state index contributed by atoms with van der Waals surface area (Å²) in [5.41, 5.74) is -0.266. The zero-order valence-corrected chi connectivity index (χ0v) is 12.1. The standard InChI is InChI=1S/C12H13ClN2O4S/c13-11-4-3-10(15(16)17)6-12(11)20(18,19)14-7-8-1-2-9(14)5-8/h3-4,6,8-9H,1-2,5,7H2. The fourth-order valence-corrected chi connectivity index (χ4v) is 5.34. The van der Waals surface area contributed by atoms with Gasteiger partial charge in [0.25, 0.3) is 5.69 Å². The molecule has 8 heteroatoms. The first-order valence-corrected chi connectivity index (χ1v) is 8.17. The van der Waals surface area contributed by atoms with Crippen LogP contribution in [0, 0.1) is 16.0 Å². The molecule has 1 saturated heterocycles. The van der Waals surface area contributed by atoms with Crippen LogP contribution in [0.1, 0.15) is 19.3 Å². The third-order valence-corrected chi connectivity index (χ3v) is 6.47. The number of fused-ring (bicyclic) bond motifs is 2. The average molecular weight is 317 g/mol. The number of halogens is 1. The number of nitrogens with zero attached hydrogens (tertiary/aromatic N) is 2. The fraction of sp³-hybridized carbons (Fsp3) is 0.500. The Morgan fingerprint density at radius 3 is 2.65 bits per heavy atom. The lowest BCUT2D eigenvalue weighted by Gasteiger charge is -2.26. The van der Waals surface area contributed by atoms with Crippen molar-refractivity contribution < 1.29 is 13.3 Å². The highest BCUT2D eigenvalue weighted by atomic mass is 35.5. The van der Waals surface area contributed by atoms with Crippen LogP contribution in [-0.2, 0) is 10.0 Å². The molecule has 108 valence electrons. The van der Waals surface area contributed by atoms with Crippen LogP contribution >= 0.6 is 11.6 Å². The molecule has 0 aromatic heterocycles. The van der Waals surface area contributed by atoms with E-state index in [-0.39, 0.29) is 21.6 Å². The summed E-state index contributed by atoms with van der Waals surface area (Å²) >= 11 is 5.94. The first kappa shape index (κ1) is 13.8. The van der Waals surface area contributed by atoms with Gasteiger partial charge in [-0.15, -0.1) is 0 Å². The van der Waals surface area contributed by atoms with Crippen molar-refractivity contribution in [1.29, 1.82) is 0 Å². The molecule has 1 aromatic carbocycles. The maximum atomic E-state index is 12.6. The van der Waals surface area contributed by atoms with Crippen molar-refractivity contribution in [3.8, 4) is 0 Å². The molecule has 1 heterocycles. The number of nitro benzene ring substituents is 1. The van der Waals surface area contributed by atoms with Gasteiger partial charge in [-0.25, -0.2) is 8.42 Å². The van der Waals surface area contributed by atoms with Crippen LogP contribution in [0.3, 0.4) is 0 Å². The van der Waals surface area contributed by atoms with E-state index in [4.69, 9.17) is 11.6 Å². The molecule has 1 aliphatic heterocycles. The van der Waals surface area contributed by atoms with Crippen LogP contribution in [0.5, 0.6) is 0 Å². The van der Waals surface area contributed by atoms with E-state index in [1.807, 2.05) is 0 Å². The van der Waals surface area contributed by atoms with Crippen molar-refractivity contribution >= 4 is 27.3 Å². The van der Waals surface area contributed by atoms with Gasteiger partial charge in [0.2, 0.25) is 10.0 Å². The Labute approximate surface area is 121 Å². The Kier molecular flexibility index (Phi) is 3.23. The van der Waals surface area contributed by atoms with E-state index in [2.05, 4.69) is 0 Å². The zero-order valence-electron chi connectivity index (χ0n) is 10.5. The molecule has 3 rings (SSSR count). The summed E-state index contributed by atoms with van der Waals surface area (Å²) in [5, 5.41) is 10.8. The van der Waals surface area contributed by atoms with E-state index in [0.717, 1.165) is 25.3 Å². The minimum Gasteiger partial charge on any atom is -0.258 e. The quantitative estimate of drug-likeness (QED) is 0.633. The Bertz CT molecular complexity index is 676. The van der Waals surface area contributed by atoms with Crippen LogP contribution in [-0.4, -0.2) is 30.2 Å². The molecule has 1 aliphatic carbocycles. The zero-order chi connectivity index (χ0) is 14.5. The number of rotatable bonds is 3. The highest BCUT2D eigenvalue weighted by molar-refractivity contribution is 7.89. The predicted molar refractivity (Wildman–Crippen MR) is 73.1 cm³/mol. The highest BCUT2D eigenvalue weighted by Crippen LogP contribution is 2.41. The highest BCUT2D eigenvalue weighted by Gasteiger charge is 2.45. The summed E-state index contributed by atoms with van der Waals surface area (Å²) in [7, 11) is -3.76. The molecule has 2 bridgehead atoms. The van der Waals surface area contributed by atoms with E-state index in [1.54, 1.807) is 0 Å². The first-order chi connectivity index (χ1) is 9.39. The maximum Gasteiger partial charge on any atom is 0.270 e. The predicted octanol–water partition coefficient (Wildman–Crippen LogP) is 2.42. The van der Waals surface area contributed by atoms with E-state index < -0.39 is 14.9 Å². The van der Waals surface area contributed by atoms with Gasteiger partial charge in [-0.3, -0.25) is 10.1 Å². The second kappa shape index (κ2) is 4.68. The van der Waals surface area contributed by atoms with Crippen LogP contribution in [0.4, 0.5) is 5.69 Å². The van der Waals surface area contributed by atoms with Gasteiger partial charge in [0.15, 0.2) is 0 Å². The molecule has 6 nitrogen and oxygen atoms in total. The van der Waals surface area contributed by atoms with Gasteiger partial charge < -0.3 is 0 Å². The van der Waals surface area contributed by atoms with E-state index in [0.29, 0.717) is 12.5 Å². The summed E-state index contributed by atoms with van der Waals surface area (Å²) in [6, 6.07) is 3.53. The van der Waals surface area contributed by atoms with E-state index in [1.165, 1.54) is 16.4 Å². The summed E-state index contributed by atoms with van der Waals surface area (Å²) in [6.07, 6.45) is 2.79. The molecule has 1 aromatic rings. The third-order valence-electron chi connectivity index (χ3n) is 4.07. The van der Waals surface area contributed by atoms with E-state index in [9.17, 15) is 18.5 Å². The average Bonchev–Trinajstić information content (AvgIpc) is 3.01. The van der Waals surface area contributed by atoms with Gasteiger partial charge in [-0.1, -0.05) is 11.6 Å². The van der Waals surface area contributed by atoms with Crippen molar-refractivity contribution in [3.05, 3.63) is 33.3 Å². The first-order valence-electron chi connectivity index (χ1n) is 6.35. The number of sulfonamides is 1. The van der Waals surface area contributed by atoms with Crippen molar-refractivity contribution in [1.82, 2.24) is 4.31 Å². The number of hydrogen-bond acceptors (Lipinski definition) is 4. The van der Waals surface area contributed by atoms with Crippen LogP contribution in [0.25, 0.3) is 0 Å². The topological polar surface area (TPSA) is 80.5 Å². The Hall–Kier alpha value is -1.18.